The number of hydrogen-bond acceptors (Lipinski definition) is 4. The summed E-state index contributed by atoms with van der Waals surface area (Å²) >= 11 is 3.43. The summed E-state index contributed by atoms with van der Waals surface area (Å²) in [6.45, 7) is 0. The maximum absolute atomic E-state index is 13.9. The van der Waals surface area contributed by atoms with E-state index < -0.39 is 11.9 Å². The van der Waals surface area contributed by atoms with Crippen molar-refractivity contribution in [3.8, 4) is 5.75 Å². The number of rotatable bonds is 3. The third-order valence-electron chi connectivity index (χ3n) is 2.24. The number of methoxy groups -OCH3 is 1. The lowest BCUT2D eigenvalue weighted by Crippen LogP contribution is -2.03. The molecule has 1 atom stereocenters. The van der Waals surface area contributed by atoms with Crippen molar-refractivity contribution in [2.24, 2.45) is 0 Å². The van der Waals surface area contributed by atoms with Crippen molar-refractivity contribution in [1.29, 1.82) is 0 Å². The van der Waals surface area contributed by atoms with Gasteiger partial charge in [0, 0.05) is 5.56 Å². The van der Waals surface area contributed by atoms with Crippen molar-refractivity contribution < 1.29 is 14.2 Å². The highest BCUT2D eigenvalue weighted by Gasteiger charge is 2.20. The first-order valence-corrected chi connectivity index (χ1v) is 6.64. The molecule has 0 aliphatic heterocycles. The van der Waals surface area contributed by atoms with Gasteiger partial charge >= 0.3 is 0 Å². The first kappa shape index (κ1) is 12.7. The highest BCUT2D eigenvalue weighted by atomic mass is 127. The van der Waals surface area contributed by atoms with Gasteiger partial charge in [0.25, 0.3) is 0 Å². The number of aliphatic hydroxyl groups is 1. The standard InChI is InChI=1S/C11H9FINO2S/c1-16-7-4-2-3-6(9(7)12)10(15)11-14-5-8(13)17-11/h2-5,10,15H,1H3. The second-order valence-electron chi connectivity index (χ2n) is 3.27. The van der Waals surface area contributed by atoms with Crippen LogP contribution >= 0.6 is 33.9 Å². The molecule has 0 fully saturated rings. The lowest BCUT2D eigenvalue weighted by Gasteiger charge is -2.11. The van der Waals surface area contributed by atoms with E-state index in [4.69, 9.17) is 4.74 Å². The van der Waals surface area contributed by atoms with E-state index in [1.165, 1.54) is 30.6 Å². The minimum atomic E-state index is -1.06. The van der Waals surface area contributed by atoms with Crippen LogP contribution in [0, 0.1) is 8.70 Å². The summed E-state index contributed by atoms with van der Waals surface area (Å²) in [7, 11) is 1.39. The van der Waals surface area contributed by atoms with Crippen molar-refractivity contribution in [1.82, 2.24) is 4.98 Å². The molecule has 0 aliphatic carbocycles. The third-order valence-corrected chi connectivity index (χ3v) is 4.01. The van der Waals surface area contributed by atoms with E-state index in [-0.39, 0.29) is 11.3 Å². The lowest BCUT2D eigenvalue weighted by atomic mass is 10.1. The van der Waals surface area contributed by atoms with Crippen molar-refractivity contribution in [3.63, 3.8) is 0 Å². The Kier molecular flexibility index (Phi) is 3.95. The van der Waals surface area contributed by atoms with Crippen LogP contribution in [-0.2, 0) is 0 Å². The molecule has 3 nitrogen and oxygen atoms in total. The lowest BCUT2D eigenvalue weighted by molar-refractivity contribution is 0.213. The van der Waals surface area contributed by atoms with E-state index in [1.807, 2.05) is 0 Å². The van der Waals surface area contributed by atoms with E-state index in [1.54, 1.807) is 12.3 Å². The van der Waals surface area contributed by atoms with Crippen LogP contribution in [0.3, 0.4) is 0 Å². The second kappa shape index (κ2) is 5.28. The molecule has 0 spiro atoms. The van der Waals surface area contributed by atoms with Crippen molar-refractivity contribution in [3.05, 3.63) is 43.7 Å². The average molecular weight is 365 g/mol. The van der Waals surface area contributed by atoms with Crippen molar-refractivity contribution in [2.45, 2.75) is 6.10 Å². The molecule has 0 amide bonds. The van der Waals surface area contributed by atoms with Crippen LogP contribution in [0.1, 0.15) is 16.7 Å². The van der Waals surface area contributed by atoms with Gasteiger partial charge in [0.2, 0.25) is 0 Å². The molecule has 1 heterocycles. The zero-order valence-electron chi connectivity index (χ0n) is 8.85. The van der Waals surface area contributed by atoms with E-state index in [0.717, 1.165) is 2.88 Å². The molecule has 0 aliphatic rings. The first-order valence-electron chi connectivity index (χ1n) is 4.75. The van der Waals surface area contributed by atoms with Gasteiger partial charge < -0.3 is 9.84 Å². The largest absolute Gasteiger partial charge is 0.494 e. The summed E-state index contributed by atoms with van der Waals surface area (Å²) in [5.74, 6) is -0.430. The monoisotopic (exact) mass is 365 g/mol. The van der Waals surface area contributed by atoms with Crippen LogP contribution in [0.25, 0.3) is 0 Å². The van der Waals surface area contributed by atoms with Gasteiger partial charge in [-0.2, -0.15) is 0 Å². The topological polar surface area (TPSA) is 42.4 Å². The molecule has 2 aromatic rings. The molecule has 1 N–H and O–H groups in total. The highest BCUT2D eigenvalue weighted by molar-refractivity contribution is 14.1. The van der Waals surface area contributed by atoms with Crippen LogP contribution in [0.2, 0.25) is 0 Å². The van der Waals surface area contributed by atoms with Gasteiger partial charge in [-0.3, -0.25) is 0 Å². The van der Waals surface area contributed by atoms with Gasteiger partial charge in [0.05, 0.1) is 16.2 Å². The SMILES string of the molecule is COc1cccc(C(O)c2ncc(I)s2)c1F. The van der Waals surface area contributed by atoms with Crippen LogP contribution in [-0.4, -0.2) is 17.2 Å². The Morgan fingerprint density at radius 3 is 2.88 bits per heavy atom. The number of benzene rings is 1. The molecule has 1 unspecified atom stereocenters. The summed E-state index contributed by atoms with van der Waals surface area (Å²) in [6, 6.07) is 4.67. The molecule has 1 aromatic carbocycles. The molecule has 17 heavy (non-hydrogen) atoms. The molecular formula is C11H9FINO2S. The van der Waals surface area contributed by atoms with Gasteiger partial charge in [-0.05, 0) is 28.7 Å². The Hall–Kier alpha value is -0.730. The molecular weight excluding hydrogens is 356 g/mol. The van der Waals surface area contributed by atoms with Crippen molar-refractivity contribution >= 4 is 33.9 Å². The normalized spacial score (nSPS) is 12.5. The third kappa shape index (κ3) is 2.58. The number of hydrogen-bond donors (Lipinski definition) is 1. The maximum Gasteiger partial charge on any atom is 0.171 e. The second-order valence-corrected chi connectivity index (χ2v) is 6.23. The van der Waals surface area contributed by atoms with Gasteiger partial charge in [-0.1, -0.05) is 12.1 Å². The average Bonchev–Trinajstić information content (AvgIpc) is 2.75. The molecule has 0 saturated heterocycles. The molecule has 0 bridgehead atoms. The quantitative estimate of drug-likeness (QED) is 0.851. The fraction of sp³-hybridized carbons (Fsp3) is 0.182. The fourth-order valence-electron chi connectivity index (χ4n) is 1.42. The molecule has 90 valence electrons. The zero-order valence-corrected chi connectivity index (χ0v) is 11.8. The van der Waals surface area contributed by atoms with Crippen LogP contribution < -0.4 is 4.74 Å². The van der Waals surface area contributed by atoms with Gasteiger partial charge in [0.15, 0.2) is 11.6 Å². The highest BCUT2D eigenvalue weighted by Crippen LogP contribution is 2.31. The van der Waals surface area contributed by atoms with Gasteiger partial charge in [-0.25, -0.2) is 9.37 Å². The Morgan fingerprint density at radius 1 is 1.53 bits per heavy atom. The van der Waals surface area contributed by atoms with E-state index in [9.17, 15) is 9.50 Å². The predicted molar refractivity (Wildman–Crippen MR) is 71.8 cm³/mol. The molecule has 2 rings (SSSR count). The van der Waals surface area contributed by atoms with E-state index in [0.29, 0.717) is 5.01 Å². The Balaban J connectivity index is 2.40. The van der Waals surface area contributed by atoms with Crippen LogP contribution in [0.5, 0.6) is 5.75 Å². The van der Waals surface area contributed by atoms with Crippen molar-refractivity contribution in [2.75, 3.05) is 7.11 Å². The number of aromatic nitrogens is 1. The number of thiazole rings is 1. The zero-order chi connectivity index (χ0) is 12.4. The smallest absolute Gasteiger partial charge is 0.171 e. The summed E-state index contributed by atoms with van der Waals surface area (Å²) in [4.78, 5) is 4.04. The first-order chi connectivity index (χ1) is 8.13. The number of nitrogens with zero attached hydrogens (tertiary/aromatic N) is 1. The predicted octanol–water partition coefficient (Wildman–Crippen LogP) is 2.98. The summed E-state index contributed by atoms with van der Waals surface area (Å²) < 4.78 is 19.7. The summed E-state index contributed by atoms with van der Waals surface area (Å²) in [5, 5.41) is 10.5. The van der Waals surface area contributed by atoms with E-state index >= 15 is 0 Å². The van der Waals surface area contributed by atoms with E-state index in [2.05, 4.69) is 27.6 Å². The Morgan fingerprint density at radius 2 is 2.29 bits per heavy atom. The molecule has 1 aromatic heterocycles. The number of halogens is 2. The van der Waals surface area contributed by atoms with Crippen LogP contribution in [0.15, 0.2) is 24.4 Å². The number of aliphatic hydroxyl groups excluding tert-OH is 1. The summed E-state index contributed by atoms with van der Waals surface area (Å²) in [5.41, 5.74) is 0.176. The molecule has 0 saturated carbocycles. The maximum atomic E-state index is 13.9. The molecule has 0 radical (unpaired) electrons. The fourth-order valence-corrected chi connectivity index (χ4v) is 2.89. The minimum Gasteiger partial charge on any atom is -0.494 e. The van der Waals surface area contributed by atoms with Gasteiger partial charge in [-0.15, -0.1) is 11.3 Å². The van der Waals surface area contributed by atoms with Crippen LogP contribution in [0.4, 0.5) is 4.39 Å². The Bertz CT molecular complexity index is 532. The minimum absolute atomic E-state index is 0.118. The molecule has 6 heteroatoms. The summed E-state index contributed by atoms with van der Waals surface area (Å²) in [6.07, 6.45) is 0.584. The number of ether oxygens (including phenoxy) is 1. The Labute approximate surface area is 115 Å². The van der Waals surface area contributed by atoms with Gasteiger partial charge in [0.1, 0.15) is 11.1 Å².